The van der Waals surface area contributed by atoms with Gasteiger partial charge in [-0.15, -0.1) is 11.3 Å². The zero-order valence-corrected chi connectivity index (χ0v) is 20.3. The largest absolute Gasteiger partial charge is 0.480 e. The Labute approximate surface area is 197 Å². The number of unbranched alkanes of at least 4 members (excludes halogenated alkanes) is 10. The molecule has 0 saturated carbocycles. The van der Waals surface area contributed by atoms with E-state index < -0.39 is 12.0 Å². The number of carbonyl (C=O) groups is 2. The summed E-state index contributed by atoms with van der Waals surface area (Å²) in [6.07, 6.45) is 15.8. The molecule has 0 aliphatic carbocycles. The van der Waals surface area contributed by atoms with E-state index in [1.165, 1.54) is 56.2 Å². The Morgan fingerprint density at radius 1 is 0.875 bits per heavy atom. The number of carboxylic acid groups (broad SMARTS) is 1. The van der Waals surface area contributed by atoms with Crippen LogP contribution in [0, 0.1) is 0 Å². The molecule has 0 bridgehead atoms. The lowest BCUT2D eigenvalue weighted by Gasteiger charge is -2.10. The Morgan fingerprint density at radius 2 is 1.47 bits per heavy atom. The van der Waals surface area contributed by atoms with Gasteiger partial charge in [0.15, 0.2) is 0 Å². The molecule has 0 spiro atoms. The second kappa shape index (κ2) is 19.0. The number of carbonyl (C=O) groups excluding carboxylic acids is 1. The molecule has 32 heavy (non-hydrogen) atoms. The highest BCUT2D eigenvalue weighted by molar-refractivity contribution is 7.11. The maximum Gasteiger partial charge on any atom is 0.322 e. The Morgan fingerprint density at radius 3 is 2.03 bits per heavy atom. The second-order valence-electron chi connectivity index (χ2n) is 8.46. The third-order valence-electron chi connectivity index (χ3n) is 5.69. The lowest BCUT2D eigenvalue weighted by molar-refractivity contribution is -0.139. The van der Waals surface area contributed by atoms with Crippen LogP contribution in [-0.4, -0.2) is 34.7 Å². The van der Waals surface area contributed by atoms with Crippen LogP contribution in [0.5, 0.6) is 0 Å². The number of amides is 1. The van der Waals surface area contributed by atoms with E-state index in [4.69, 9.17) is 16.1 Å². The number of hydrogen-bond acceptors (Lipinski definition) is 6. The van der Waals surface area contributed by atoms with Gasteiger partial charge in [-0.3, -0.25) is 15.4 Å². The summed E-state index contributed by atoms with van der Waals surface area (Å²) in [4.78, 5) is 25.1. The highest BCUT2D eigenvalue weighted by atomic mass is 32.1. The van der Waals surface area contributed by atoms with E-state index in [2.05, 4.69) is 16.8 Å². The molecule has 1 amide bonds. The number of aliphatic hydroxyl groups excluding tert-OH is 1. The van der Waals surface area contributed by atoms with Gasteiger partial charge in [-0.05, 0) is 50.7 Å². The monoisotopic (exact) mass is 469 g/mol. The molecule has 184 valence electrons. The first-order valence-corrected chi connectivity index (χ1v) is 13.0. The van der Waals surface area contributed by atoms with Crippen LogP contribution in [0.15, 0.2) is 12.1 Å². The number of carboxylic acids is 1. The van der Waals surface area contributed by atoms with Crippen LogP contribution in [0.1, 0.15) is 99.6 Å². The fourth-order valence-corrected chi connectivity index (χ4v) is 4.63. The van der Waals surface area contributed by atoms with Crippen LogP contribution < -0.4 is 16.6 Å². The van der Waals surface area contributed by atoms with Crippen molar-refractivity contribution >= 4 is 23.2 Å². The number of rotatable bonds is 21. The predicted molar refractivity (Wildman–Crippen MR) is 130 cm³/mol. The molecule has 8 heteroatoms. The van der Waals surface area contributed by atoms with Gasteiger partial charge in [-0.25, -0.2) is 5.43 Å². The van der Waals surface area contributed by atoms with Crippen LogP contribution in [0.4, 0.5) is 0 Å². The number of hydrogen-bond donors (Lipinski definition) is 5. The zero-order chi connectivity index (χ0) is 23.4. The molecule has 0 saturated heterocycles. The summed E-state index contributed by atoms with van der Waals surface area (Å²) in [6, 6.07) is 3.44. The Hall–Kier alpha value is -1.48. The summed E-state index contributed by atoms with van der Waals surface area (Å²) in [6.45, 7) is 0.747. The number of thiophene rings is 1. The van der Waals surface area contributed by atoms with Crippen molar-refractivity contribution in [2.24, 2.45) is 5.84 Å². The number of aryl methyl sites for hydroxylation is 1. The van der Waals surface area contributed by atoms with Crippen molar-refractivity contribution in [2.75, 3.05) is 6.54 Å². The number of nitrogens with two attached hydrogens (primary N) is 1. The van der Waals surface area contributed by atoms with Crippen molar-refractivity contribution in [3.63, 3.8) is 0 Å². The Kier molecular flexibility index (Phi) is 17.0. The van der Waals surface area contributed by atoms with Crippen LogP contribution in [0.3, 0.4) is 0 Å². The van der Waals surface area contributed by atoms with E-state index in [0.717, 1.165) is 30.6 Å². The highest BCUT2D eigenvalue weighted by Crippen LogP contribution is 2.19. The van der Waals surface area contributed by atoms with E-state index in [0.29, 0.717) is 25.8 Å². The maximum atomic E-state index is 11.8. The second-order valence-corrected chi connectivity index (χ2v) is 9.72. The molecule has 1 aromatic heterocycles. The molecule has 1 heterocycles. The van der Waals surface area contributed by atoms with Crippen molar-refractivity contribution in [2.45, 2.75) is 109 Å². The molecule has 0 radical (unpaired) electrons. The minimum atomic E-state index is -0.945. The zero-order valence-electron chi connectivity index (χ0n) is 19.4. The SMILES string of the molecule is NN[C@@H](CCCCNC(=O)CCCCCCCCCCCCc1ccc(CO)s1)C(=O)O. The minimum Gasteiger partial charge on any atom is -0.480 e. The average molecular weight is 470 g/mol. The van der Waals surface area contributed by atoms with Gasteiger partial charge >= 0.3 is 5.97 Å². The normalized spacial score (nSPS) is 12.1. The van der Waals surface area contributed by atoms with Gasteiger partial charge in [0, 0.05) is 22.7 Å². The van der Waals surface area contributed by atoms with Crippen molar-refractivity contribution in [3.8, 4) is 0 Å². The van der Waals surface area contributed by atoms with E-state index >= 15 is 0 Å². The maximum absolute atomic E-state index is 11.8. The summed E-state index contributed by atoms with van der Waals surface area (Å²) in [5, 5.41) is 20.9. The van der Waals surface area contributed by atoms with Gasteiger partial charge < -0.3 is 15.5 Å². The van der Waals surface area contributed by atoms with Gasteiger partial charge in [-0.1, -0.05) is 51.4 Å². The third-order valence-corrected chi connectivity index (χ3v) is 6.82. The topological polar surface area (TPSA) is 125 Å². The summed E-state index contributed by atoms with van der Waals surface area (Å²) in [7, 11) is 0. The fourth-order valence-electron chi connectivity index (χ4n) is 3.71. The number of aliphatic carboxylic acids is 1. The van der Waals surface area contributed by atoms with Crippen molar-refractivity contribution in [1.29, 1.82) is 0 Å². The quantitative estimate of drug-likeness (QED) is 0.104. The summed E-state index contributed by atoms with van der Waals surface area (Å²) < 4.78 is 0. The smallest absolute Gasteiger partial charge is 0.322 e. The lowest BCUT2D eigenvalue weighted by Crippen LogP contribution is -2.41. The molecule has 1 atom stereocenters. The molecule has 1 aromatic rings. The first kappa shape index (κ1) is 28.6. The fraction of sp³-hybridized carbons (Fsp3) is 0.750. The van der Waals surface area contributed by atoms with Crippen LogP contribution in [-0.2, 0) is 22.6 Å². The van der Waals surface area contributed by atoms with Gasteiger partial charge in [0.25, 0.3) is 0 Å². The summed E-state index contributed by atoms with van der Waals surface area (Å²) in [5.41, 5.74) is 2.28. The van der Waals surface area contributed by atoms with Crippen molar-refractivity contribution < 1.29 is 19.8 Å². The standard InChI is InChI=1S/C24H43N3O4S/c25-27-22(24(30)31)14-11-12-18-26-23(29)15-10-8-6-4-2-1-3-5-7-9-13-20-16-17-21(19-28)32-20/h16-17,22,27-28H,1-15,18-19,25H2,(H,26,29)(H,30,31)/t22-/m0/s1. The van der Waals surface area contributed by atoms with Gasteiger partial charge in [-0.2, -0.15) is 0 Å². The molecule has 6 N–H and O–H groups in total. The van der Waals surface area contributed by atoms with Gasteiger partial charge in [0.2, 0.25) is 5.91 Å². The Balaban J connectivity index is 1.81. The summed E-state index contributed by atoms with van der Waals surface area (Å²) in [5.74, 6) is 4.33. The van der Waals surface area contributed by atoms with E-state index in [1.807, 2.05) is 6.07 Å². The Bertz CT molecular complexity index is 624. The highest BCUT2D eigenvalue weighted by Gasteiger charge is 2.14. The van der Waals surface area contributed by atoms with Crippen molar-refractivity contribution in [3.05, 3.63) is 21.9 Å². The molecular weight excluding hydrogens is 426 g/mol. The molecule has 0 fully saturated rings. The number of aliphatic hydroxyl groups is 1. The predicted octanol–water partition coefficient (Wildman–Crippen LogP) is 4.28. The third kappa shape index (κ3) is 14.6. The van der Waals surface area contributed by atoms with Crippen LogP contribution in [0.25, 0.3) is 0 Å². The molecule has 0 aliphatic rings. The first-order chi connectivity index (χ1) is 15.6. The lowest BCUT2D eigenvalue weighted by atomic mass is 10.0. The first-order valence-electron chi connectivity index (χ1n) is 12.2. The molecule has 1 rings (SSSR count). The molecule has 7 nitrogen and oxygen atoms in total. The van der Waals surface area contributed by atoms with Crippen molar-refractivity contribution in [1.82, 2.24) is 10.7 Å². The van der Waals surface area contributed by atoms with Crippen LogP contribution in [0.2, 0.25) is 0 Å². The summed E-state index contributed by atoms with van der Waals surface area (Å²) >= 11 is 1.73. The van der Waals surface area contributed by atoms with E-state index in [9.17, 15) is 9.59 Å². The molecule has 0 aromatic carbocycles. The molecule has 0 aliphatic heterocycles. The van der Waals surface area contributed by atoms with E-state index in [-0.39, 0.29) is 12.5 Å². The molecule has 0 unspecified atom stereocenters. The number of nitrogens with one attached hydrogen (secondary N) is 2. The molecular formula is C24H43N3O4S. The minimum absolute atomic E-state index is 0.0897. The van der Waals surface area contributed by atoms with Gasteiger partial charge in [0.1, 0.15) is 6.04 Å². The van der Waals surface area contributed by atoms with E-state index in [1.54, 1.807) is 11.3 Å². The van der Waals surface area contributed by atoms with Crippen LogP contribution >= 0.6 is 11.3 Å². The average Bonchev–Trinajstić information content (AvgIpc) is 3.24. The van der Waals surface area contributed by atoms with Gasteiger partial charge in [0.05, 0.1) is 6.61 Å². The number of hydrazine groups is 1.